The van der Waals surface area contributed by atoms with E-state index in [4.69, 9.17) is 9.47 Å². The Hall–Kier alpha value is -3.22. The highest BCUT2D eigenvalue weighted by molar-refractivity contribution is 5.95. The largest absolute Gasteiger partial charge is 0.462 e. The first-order valence-corrected chi connectivity index (χ1v) is 7.16. The van der Waals surface area contributed by atoms with Gasteiger partial charge in [0.15, 0.2) is 5.78 Å². The molecule has 0 aliphatic carbocycles. The van der Waals surface area contributed by atoms with Crippen LogP contribution in [0.15, 0.2) is 42.5 Å². The highest BCUT2D eigenvalue weighted by Crippen LogP contribution is 2.32. The Morgan fingerprint density at radius 3 is 2.25 bits per heavy atom. The van der Waals surface area contributed by atoms with Crippen LogP contribution >= 0.6 is 0 Å². The van der Waals surface area contributed by atoms with Crippen LogP contribution in [0.2, 0.25) is 0 Å². The van der Waals surface area contributed by atoms with Crippen molar-refractivity contribution >= 4 is 17.4 Å². The number of hydrogen-bond donors (Lipinski definition) is 0. The lowest BCUT2D eigenvalue weighted by atomic mass is 10.1. The van der Waals surface area contributed by atoms with Crippen molar-refractivity contribution < 1.29 is 24.0 Å². The summed E-state index contributed by atoms with van der Waals surface area (Å²) in [7, 11) is 0. The number of esters is 1. The summed E-state index contributed by atoms with van der Waals surface area (Å²) in [6.07, 6.45) is 0. The summed E-state index contributed by atoms with van der Waals surface area (Å²) in [5.74, 6) is -0.403. The number of Topliss-reactive ketones (excluding diaryl/α,β-unsaturated/α-hetero) is 1. The number of ketones is 1. The van der Waals surface area contributed by atoms with E-state index in [0.717, 1.165) is 0 Å². The molecule has 2 aromatic carbocycles. The number of nitro groups is 1. The normalized spacial score (nSPS) is 10.1. The summed E-state index contributed by atoms with van der Waals surface area (Å²) < 4.78 is 10.4. The van der Waals surface area contributed by atoms with Gasteiger partial charge in [-0.1, -0.05) is 0 Å². The highest BCUT2D eigenvalue weighted by atomic mass is 16.6. The quantitative estimate of drug-likeness (QED) is 0.346. The van der Waals surface area contributed by atoms with Gasteiger partial charge in [0.2, 0.25) is 5.75 Å². The Bertz CT molecular complexity index is 782. The van der Waals surface area contributed by atoms with Gasteiger partial charge < -0.3 is 9.47 Å². The van der Waals surface area contributed by atoms with Crippen molar-refractivity contribution in [2.45, 2.75) is 13.8 Å². The molecule has 0 atom stereocenters. The summed E-state index contributed by atoms with van der Waals surface area (Å²) in [6, 6.07) is 10.0. The molecular weight excluding hydrogens is 314 g/mol. The number of ether oxygens (including phenoxy) is 2. The standard InChI is InChI=1S/C17H15NO6/c1-3-23-17(20)12-4-7-14(8-5-12)24-16-9-6-13(11(2)19)10-15(16)18(21)22/h4-10H,3H2,1-2H3. The first-order chi connectivity index (χ1) is 11.4. The summed E-state index contributed by atoms with van der Waals surface area (Å²) in [4.78, 5) is 33.5. The molecular formula is C17H15NO6. The Balaban J connectivity index is 2.26. The second-order valence-electron chi connectivity index (χ2n) is 4.84. The number of carbonyl (C=O) groups is 2. The van der Waals surface area contributed by atoms with Gasteiger partial charge >= 0.3 is 11.7 Å². The fraction of sp³-hybridized carbons (Fsp3) is 0.176. The predicted octanol–water partition coefficient (Wildman–Crippen LogP) is 3.77. The first-order valence-electron chi connectivity index (χ1n) is 7.16. The second kappa shape index (κ2) is 7.36. The molecule has 0 unspecified atom stereocenters. The maximum atomic E-state index is 11.6. The van der Waals surface area contributed by atoms with Crippen molar-refractivity contribution in [1.82, 2.24) is 0 Å². The molecule has 0 saturated carbocycles. The zero-order valence-corrected chi connectivity index (χ0v) is 13.1. The van der Waals surface area contributed by atoms with Gasteiger partial charge in [0.1, 0.15) is 5.75 Å². The van der Waals surface area contributed by atoms with Gasteiger partial charge in [-0.05, 0) is 50.2 Å². The molecule has 0 aromatic heterocycles. The van der Waals surface area contributed by atoms with E-state index in [1.54, 1.807) is 6.92 Å². The fourth-order valence-corrected chi connectivity index (χ4v) is 1.97. The minimum absolute atomic E-state index is 0.00823. The average molecular weight is 329 g/mol. The van der Waals surface area contributed by atoms with Crippen LogP contribution in [-0.2, 0) is 4.74 Å². The molecule has 0 aliphatic rings. The molecule has 0 aliphatic heterocycles. The number of rotatable bonds is 6. The van der Waals surface area contributed by atoms with Crippen molar-refractivity contribution in [2.24, 2.45) is 0 Å². The van der Waals surface area contributed by atoms with E-state index < -0.39 is 10.9 Å². The summed E-state index contributed by atoms with van der Waals surface area (Å²) >= 11 is 0. The Labute approximate surface area is 138 Å². The second-order valence-corrected chi connectivity index (χ2v) is 4.84. The average Bonchev–Trinajstić information content (AvgIpc) is 2.55. The van der Waals surface area contributed by atoms with Crippen LogP contribution in [-0.4, -0.2) is 23.3 Å². The summed E-state index contributed by atoms with van der Waals surface area (Å²) in [5.41, 5.74) is 0.273. The molecule has 0 heterocycles. The van der Waals surface area contributed by atoms with E-state index in [-0.39, 0.29) is 29.4 Å². The third kappa shape index (κ3) is 3.95. The molecule has 2 aromatic rings. The number of carbonyl (C=O) groups excluding carboxylic acids is 2. The first kappa shape index (κ1) is 17.1. The van der Waals surface area contributed by atoms with Crippen LogP contribution in [0.25, 0.3) is 0 Å². The minimum atomic E-state index is -0.616. The van der Waals surface area contributed by atoms with Gasteiger partial charge in [0.25, 0.3) is 0 Å². The van der Waals surface area contributed by atoms with Crippen LogP contribution in [0, 0.1) is 10.1 Å². The maximum Gasteiger partial charge on any atom is 0.338 e. The maximum absolute atomic E-state index is 11.6. The van der Waals surface area contributed by atoms with Crippen molar-refractivity contribution in [1.29, 1.82) is 0 Å². The van der Waals surface area contributed by atoms with E-state index >= 15 is 0 Å². The lowest BCUT2D eigenvalue weighted by molar-refractivity contribution is -0.385. The number of nitrogens with zero attached hydrogens (tertiary/aromatic N) is 1. The van der Waals surface area contributed by atoms with Gasteiger partial charge in [-0.15, -0.1) is 0 Å². The monoisotopic (exact) mass is 329 g/mol. The SMILES string of the molecule is CCOC(=O)c1ccc(Oc2ccc(C(C)=O)cc2[N+](=O)[O-])cc1. The van der Waals surface area contributed by atoms with Crippen molar-refractivity contribution in [3.05, 3.63) is 63.7 Å². The van der Waals surface area contributed by atoms with E-state index in [1.807, 2.05) is 0 Å². The lowest BCUT2D eigenvalue weighted by Crippen LogP contribution is -2.04. The minimum Gasteiger partial charge on any atom is -0.462 e. The zero-order valence-electron chi connectivity index (χ0n) is 13.1. The van der Waals surface area contributed by atoms with Gasteiger partial charge in [-0.25, -0.2) is 4.79 Å². The summed E-state index contributed by atoms with van der Waals surface area (Å²) in [5, 5.41) is 11.2. The smallest absolute Gasteiger partial charge is 0.338 e. The van der Waals surface area contributed by atoms with E-state index in [9.17, 15) is 19.7 Å². The number of nitro benzene ring substituents is 1. The molecule has 0 saturated heterocycles. The zero-order chi connectivity index (χ0) is 17.7. The Morgan fingerprint density at radius 2 is 1.71 bits per heavy atom. The van der Waals surface area contributed by atoms with Crippen LogP contribution in [0.4, 0.5) is 5.69 Å². The third-order valence-corrected chi connectivity index (χ3v) is 3.16. The molecule has 2 rings (SSSR count). The molecule has 7 nitrogen and oxygen atoms in total. The van der Waals surface area contributed by atoms with Crippen LogP contribution in [0.5, 0.6) is 11.5 Å². The molecule has 0 bridgehead atoms. The van der Waals surface area contributed by atoms with Gasteiger partial charge in [0.05, 0.1) is 17.1 Å². The fourth-order valence-electron chi connectivity index (χ4n) is 1.97. The molecule has 24 heavy (non-hydrogen) atoms. The van der Waals surface area contributed by atoms with Gasteiger partial charge in [0, 0.05) is 11.6 Å². The van der Waals surface area contributed by atoms with Crippen LogP contribution < -0.4 is 4.74 Å². The van der Waals surface area contributed by atoms with Crippen molar-refractivity contribution in [3.8, 4) is 11.5 Å². The highest BCUT2D eigenvalue weighted by Gasteiger charge is 2.18. The lowest BCUT2D eigenvalue weighted by Gasteiger charge is -2.08. The van der Waals surface area contributed by atoms with Crippen molar-refractivity contribution in [3.63, 3.8) is 0 Å². The molecule has 0 amide bonds. The van der Waals surface area contributed by atoms with Crippen LogP contribution in [0.3, 0.4) is 0 Å². The molecule has 0 fully saturated rings. The molecule has 0 radical (unpaired) electrons. The van der Waals surface area contributed by atoms with Crippen LogP contribution in [0.1, 0.15) is 34.6 Å². The third-order valence-electron chi connectivity index (χ3n) is 3.16. The van der Waals surface area contributed by atoms with E-state index in [2.05, 4.69) is 0 Å². The van der Waals surface area contributed by atoms with Gasteiger partial charge in [-0.2, -0.15) is 0 Å². The summed E-state index contributed by atoms with van der Waals surface area (Å²) in [6.45, 7) is 3.30. The molecule has 0 spiro atoms. The topological polar surface area (TPSA) is 95.7 Å². The molecule has 0 N–H and O–H groups in total. The number of benzene rings is 2. The number of hydrogen-bond acceptors (Lipinski definition) is 6. The Kier molecular flexibility index (Phi) is 5.26. The van der Waals surface area contributed by atoms with E-state index in [0.29, 0.717) is 11.3 Å². The molecule has 7 heteroatoms. The Morgan fingerprint density at radius 1 is 1.08 bits per heavy atom. The predicted molar refractivity (Wildman–Crippen MR) is 85.6 cm³/mol. The van der Waals surface area contributed by atoms with Gasteiger partial charge in [-0.3, -0.25) is 14.9 Å². The van der Waals surface area contributed by atoms with E-state index in [1.165, 1.54) is 49.4 Å². The molecule has 124 valence electrons. The van der Waals surface area contributed by atoms with Crippen molar-refractivity contribution in [2.75, 3.05) is 6.61 Å².